The Morgan fingerprint density at radius 2 is 2.03 bits per heavy atom. The van der Waals surface area contributed by atoms with Crippen LogP contribution >= 0.6 is 0 Å². The first-order valence-corrected chi connectivity index (χ1v) is 9.21. The molecule has 0 fully saturated rings. The largest absolute Gasteiger partial charge is 0.416 e. The van der Waals surface area contributed by atoms with Crippen molar-refractivity contribution in [2.75, 3.05) is 11.9 Å². The van der Waals surface area contributed by atoms with Crippen molar-refractivity contribution < 1.29 is 18.0 Å². The lowest BCUT2D eigenvalue weighted by Gasteiger charge is -2.25. The SMILES string of the molecule is CC(C)N(CC(=O)Nc1cc(C(F)(F)F)ccc1-n1cncn1)Cc1cnn(C)c1. The van der Waals surface area contributed by atoms with Crippen LogP contribution in [-0.4, -0.2) is 47.9 Å². The second-order valence-electron chi connectivity index (χ2n) is 7.14. The molecule has 0 saturated carbocycles. The molecule has 2 aromatic heterocycles. The molecule has 3 rings (SSSR count). The quantitative estimate of drug-likeness (QED) is 0.635. The number of hydrogen-bond donors (Lipinski definition) is 1. The van der Waals surface area contributed by atoms with Crippen LogP contribution in [0, 0.1) is 0 Å². The minimum absolute atomic E-state index is 0.000393. The molecule has 0 aliphatic heterocycles. The van der Waals surface area contributed by atoms with E-state index in [0.29, 0.717) is 6.54 Å². The highest BCUT2D eigenvalue weighted by Gasteiger charge is 2.31. The molecule has 8 nitrogen and oxygen atoms in total. The van der Waals surface area contributed by atoms with Gasteiger partial charge in [0.25, 0.3) is 0 Å². The molecule has 11 heteroatoms. The first-order valence-electron chi connectivity index (χ1n) is 9.21. The summed E-state index contributed by atoms with van der Waals surface area (Å²) in [6.07, 6.45) is 1.63. The van der Waals surface area contributed by atoms with Gasteiger partial charge in [-0.05, 0) is 32.0 Å². The molecule has 0 aliphatic rings. The lowest BCUT2D eigenvalue weighted by atomic mass is 10.1. The van der Waals surface area contributed by atoms with Crippen molar-refractivity contribution in [1.29, 1.82) is 0 Å². The maximum atomic E-state index is 13.2. The molecule has 2 heterocycles. The lowest BCUT2D eigenvalue weighted by Crippen LogP contribution is -2.37. The van der Waals surface area contributed by atoms with E-state index in [4.69, 9.17) is 0 Å². The molecule has 0 bridgehead atoms. The second-order valence-corrected chi connectivity index (χ2v) is 7.14. The number of alkyl halides is 3. The van der Waals surface area contributed by atoms with Crippen LogP contribution in [0.2, 0.25) is 0 Å². The van der Waals surface area contributed by atoms with Crippen molar-refractivity contribution in [2.24, 2.45) is 7.05 Å². The summed E-state index contributed by atoms with van der Waals surface area (Å²) in [5, 5.41) is 10.7. The van der Waals surface area contributed by atoms with Gasteiger partial charge in [0.2, 0.25) is 5.91 Å². The van der Waals surface area contributed by atoms with E-state index in [1.54, 1.807) is 17.9 Å². The number of anilines is 1. The predicted molar refractivity (Wildman–Crippen MR) is 104 cm³/mol. The van der Waals surface area contributed by atoms with Crippen LogP contribution < -0.4 is 5.32 Å². The van der Waals surface area contributed by atoms with E-state index in [0.717, 1.165) is 17.7 Å². The van der Waals surface area contributed by atoms with Gasteiger partial charge in [-0.15, -0.1) is 0 Å². The van der Waals surface area contributed by atoms with Crippen molar-refractivity contribution in [2.45, 2.75) is 32.6 Å². The number of aromatic nitrogens is 5. The summed E-state index contributed by atoms with van der Waals surface area (Å²) in [5.74, 6) is -0.437. The van der Waals surface area contributed by atoms with Gasteiger partial charge in [-0.25, -0.2) is 9.67 Å². The highest BCUT2D eigenvalue weighted by molar-refractivity contribution is 5.94. The third kappa shape index (κ3) is 5.23. The van der Waals surface area contributed by atoms with Gasteiger partial charge in [-0.1, -0.05) is 0 Å². The minimum Gasteiger partial charge on any atom is -0.323 e. The lowest BCUT2D eigenvalue weighted by molar-refractivity contribution is -0.137. The number of amides is 1. The zero-order chi connectivity index (χ0) is 21.9. The van der Waals surface area contributed by atoms with E-state index >= 15 is 0 Å². The van der Waals surface area contributed by atoms with Crippen molar-refractivity contribution in [1.82, 2.24) is 29.4 Å². The van der Waals surface area contributed by atoms with Crippen molar-refractivity contribution in [3.05, 3.63) is 54.4 Å². The van der Waals surface area contributed by atoms with Crippen LogP contribution in [0.4, 0.5) is 18.9 Å². The summed E-state index contributed by atoms with van der Waals surface area (Å²) in [6, 6.07) is 3.13. The second kappa shape index (κ2) is 8.66. The maximum Gasteiger partial charge on any atom is 0.416 e. The first kappa shape index (κ1) is 21.5. The molecule has 0 spiro atoms. The molecule has 0 radical (unpaired) electrons. The van der Waals surface area contributed by atoms with Gasteiger partial charge in [-0.2, -0.15) is 23.4 Å². The Morgan fingerprint density at radius 3 is 2.60 bits per heavy atom. The number of rotatable bonds is 7. The number of carbonyl (C=O) groups excluding carboxylic acids is 1. The van der Waals surface area contributed by atoms with Crippen LogP contribution in [0.3, 0.4) is 0 Å². The number of carbonyl (C=O) groups is 1. The molecule has 160 valence electrons. The molecule has 1 N–H and O–H groups in total. The Labute approximate surface area is 171 Å². The Hall–Kier alpha value is -3.21. The van der Waals surface area contributed by atoms with E-state index in [1.807, 2.05) is 24.9 Å². The number of hydrogen-bond acceptors (Lipinski definition) is 5. The fraction of sp³-hybridized carbons (Fsp3) is 0.368. The Bertz CT molecular complexity index is 996. The van der Waals surface area contributed by atoms with Gasteiger partial charge >= 0.3 is 6.18 Å². The van der Waals surface area contributed by atoms with E-state index in [9.17, 15) is 18.0 Å². The van der Waals surface area contributed by atoms with Crippen LogP contribution in [0.25, 0.3) is 5.69 Å². The van der Waals surface area contributed by atoms with E-state index in [1.165, 1.54) is 23.4 Å². The Balaban J connectivity index is 1.81. The number of nitrogens with one attached hydrogen (secondary N) is 1. The zero-order valence-corrected chi connectivity index (χ0v) is 16.8. The van der Waals surface area contributed by atoms with E-state index < -0.39 is 17.6 Å². The van der Waals surface area contributed by atoms with Crippen LogP contribution in [-0.2, 0) is 24.6 Å². The molecule has 30 heavy (non-hydrogen) atoms. The Kier molecular flexibility index (Phi) is 6.20. The van der Waals surface area contributed by atoms with Crippen LogP contribution in [0.5, 0.6) is 0 Å². The van der Waals surface area contributed by atoms with Crippen molar-refractivity contribution >= 4 is 11.6 Å². The molecule has 1 aromatic carbocycles. The highest BCUT2D eigenvalue weighted by Crippen LogP contribution is 2.33. The molecule has 0 atom stereocenters. The minimum atomic E-state index is -4.54. The average Bonchev–Trinajstić information content (AvgIpc) is 3.32. The summed E-state index contributed by atoms with van der Waals surface area (Å²) in [4.78, 5) is 18.4. The van der Waals surface area contributed by atoms with Gasteiger partial charge in [0.1, 0.15) is 12.7 Å². The third-order valence-electron chi connectivity index (χ3n) is 4.48. The zero-order valence-electron chi connectivity index (χ0n) is 16.8. The normalized spacial score (nSPS) is 12.0. The number of nitrogens with zero attached hydrogens (tertiary/aromatic N) is 6. The fourth-order valence-corrected chi connectivity index (χ4v) is 2.93. The number of benzene rings is 1. The van der Waals surface area contributed by atoms with Gasteiger partial charge in [0.15, 0.2) is 0 Å². The first-order chi connectivity index (χ1) is 14.1. The number of aryl methyl sites for hydroxylation is 1. The summed E-state index contributed by atoms with van der Waals surface area (Å²) >= 11 is 0. The Morgan fingerprint density at radius 1 is 1.27 bits per heavy atom. The van der Waals surface area contributed by atoms with Gasteiger partial charge in [-0.3, -0.25) is 14.4 Å². The summed E-state index contributed by atoms with van der Waals surface area (Å²) in [5.41, 5.74) is 0.363. The summed E-state index contributed by atoms with van der Waals surface area (Å²) < 4.78 is 42.5. The van der Waals surface area contributed by atoms with Gasteiger partial charge in [0.05, 0.1) is 29.7 Å². The molecule has 0 unspecified atom stereocenters. The predicted octanol–water partition coefficient (Wildman–Crippen LogP) is 2.87. The van der Waals surface area contributed by atoms with E-state index in [2.05, 4.69) is 20.5 Å². The molecular weight excluding hydrogens is 399 g/mol. The molecule has 0 saturated heterocycles. The summed E-state index contributed by atoms with van der Waals surface area (Å²) in [7, 11) is 1.80. The maximum absolute atomic E-state index is 13.2. The number of halogens is 3. The van der Waals surface area contributed by atoms with Crippen molar-refractivity contribution in [3.8, 4) is 5.69 Å². The van der Waals surface area contributed by atoms with Crippen LogP contribution in [0.15, 0.2) is 43.2 Å². The topological polar surface area (TPSA) is 80.9 Å². The molecule has 0 aliphatic carbocycles. The monoisotopic (exact) mass is 421 g/mol. The third-order valence-corrected chi connectivity index (χ3v) is 4.48. The van der Waals surface area contributed by atoms with Crippen molar-refractivity contribution in [3.63, 3.8) is 0 Å². The fourth-order valence-electron chi connectivity index (χ4n) is 2.93. The molecular formula is C19H22F3N7O. The summed E-state index contributed by atoms with van der Waals surface area (Å²) in [6.45, 7) is 4.36. The highest BCUT2D eigenvalue weighted by atomic mass is 19.4. The smallest absolute Gasteiger partial charge is 0.323 e. The molecule has 1 amide bonds. The molecule has 3 aromatic rings. The van der Waals surface area contributed by atoms with Gasteiger partial charge < -0.3 is 5.32 Å². The van der Waals surface area contributed by atoms with Gasteiger partial charge in [0, 0.05) is 31.4 Å². The van der Waals surface area contributed by atoms with E-state index in [-0.39, 0.29) is 24.0 Å². The standard InChI is InChI=1S/C19H22F3N7O/c1-13(2)28(9-14-7-24-27(3)8-14)10-18(30)26-16-6-15(19(20,21)22)4-5-17(16)29-12-23-11-25-29/h4-8,11-13H,9-10H2,1-3H3,(H,26,30). The average molecular weight is 421 g/mol. The van der Waals surface area contributed by atoms with Crippen LogP contribution in [0.1, 0.15) is 25.0 Å².